The third kappa shape index (κ3) is 3.02. The van der Waals surface area contributed by atoms with E-state index in [-0.39, 0.29) is 11.5 Å². The molecule has 0 spiro atoms. The number of halogens is 2. The van der Waals surface area contributed by atoms with E-state index in [0.717, 1.165) is 34.2 Å². The van der Waals surface area contributed by atoms with Gasteiger partial charge in [-0.15, -0.1) is 0 Å². The summed E-state index contributed by atoms with van der Waals surface area (Å²) in [5.74, 6) is 0.554. The molecule has 0 radical (unpaired) electrons. The number of carbonyl (C=O) groups is 1. The summed E-state index contributed by atoms with van der Waals surface area (Å²) in [5.41, 5.74) is 1.69. The lowest BCUT2D eigenvalue weighted by Crippen LogP contribution is -2.21. The van der Waals surface area contributed by atoms with Crippen LogP contribution in [0.1, 0.15) is 22.6 Å². The second-order valence-electron chi connectivity index (χ2n) is 5.90. The van der Waals surface area contributed by atoms with Crippen LogP contribution in [0.4, 0.5) is 5.69 Å². The van der Waals surface area contributed by atoms with Gasteiger partial charge < -0.3 is 5.32 Å². The number of aromatic nitrogens is 2. The molecule has 1 aliphatic heterocycles. The Morgan fingerprint density at radius 2 is 2.00 bits per heavy atom. The fourth-order valence-electron chi connectivity index (χ4n) is 3.01. The average Bonchev–Trinajstić information content (AvgIpc) is 3.05. The smallest absolute Gasteiger partial charge is 0.261 e. The van der Waals surface area contributed by atoms with Crippen molar-refractivity contribution in [3.8, 4) is 0 Å². The molecule has 2 aromatic carbocycles. The number of anilines is 1. The second kappa shape index (κ2) is 6.38. The van der Waals surface area contributed by atoms with Crippen LogP contribution in [0.3, 0.4) is 0 Å². The van der Waals surface area contributed by atoms with E-state index in [1.165, 1.54) is 0 Å². The molecule has 3 aromatic rings. The third-order valence-corrected chi connectivity index (χ3v) is 5.41. The Morgan fingerprint density at radius 3 is 2.80 bits per heavy atom. The van der Waals surface area contributed by atoms with Gasteiger partial charge in [-0.25, -0.2) is 4.98 Å². The first-order valence-electron chi connectivity index (χ1n) is 7.83. The van der Waals surface area contributed by atoms with Crippen LogP contribution in [0.5, 0.6) is 0 Å². The fourth-order valence-corrected chi connectivity index (χ4v) is 4.16. The molecular weight excluding hydrogens is 450 g/mol. The maximum atomic E-state index is 12.6. The molecule has 0 unspecified atom stereocenters. The molecule has 4 rings (SSSR count). The van der Waals surface area contributed by atoms with E-state index >= 15 is 0 Å². The van der Waals surface area contributed by atoms with Gasteiger partial charge in [0.1, 0.15) is 5.82 Å². The number of benzene rings is 2. The van der Waals surface area contributed by atoms with E-state index in [1.807, 2.05) is 18.2 Å². The van der Waals surface area contributed by atoms with Gasteiger partial charge in [-0.2, -0.15) is 0 Å². The highest BCUT2D eigenvalue weighted by Gasteiger charge is 2.17. The number of nitrogens with zero attached hydrogens (tertiary/aromatic N) is 2. The number of nitrogens with one attached hydrogen (secondary N) is 1. The van der Waals surface area contributed by atoms with Crippen LogP contribution in [0.25, 0.3) is 10.9 Å². The Bertz CT molecular complexity index is 1080. The largest absolute Gasteiger partial charge is 0.321 e. The number of carbonyl (C=O) groups excluding carboxylic acids is 1. The van der Waals surface area contributed by atoms with Gasteiger partial charge in [0.25, 0.3) is 11.5 Å². The van der Waals surface area contributed by atoms with Crippen LogP contribution in [-0.2, 0) is 13.0 Å². The van der Waals surface area contributed by atoms with Gasteiger partial charge >= 0.3 is 0 Å². The average molecular weight is 463 g/mol. The number of rotatable bonds is 2. The van der Waals surface area contributed by atoms with E-state index in [9.17, 15) is 9.59 Å². The number of fused-ring (bicyclic) bond motifs is 2. The predicted octanol–water partition coefficient (Wildman–Crippen LogP) is 4.12. The van der Waals surface area contributed by atoms with Gasteiger partial charge in [0.05, 0.1) is 16.6 Å². The first-order chi connectivity index (χ1) is 12.0. The predicted molar refractivity (Wildman–Crippen MR) is 104 cm³/mol. The van der Waals surface area contributed by atoms with Gasteiger partial charge in [0.2, 0.25) is 0 Å². The molecule has 25 heavy (non-hydrogen) atoms. The number of hydrogen-bond acceptors (Lipinski definition) is 3. The molecule has 1 aliphatic rings. The molecule has 0 bridgehead atoms. The van der Waals surface area contributed by atoms with Crippen molar-refractivity contribution in [2.75, 3.05) is 5.32 Å². The van der Waals surface area contributed by atoms with Crippen LogP contribution in [-0.4, -0.2) is 15.5 Å². The zero-order valence-electron chi connectivity index (χ0n) is 13.1. The summed E-state index contributed by atoms with van der Waals surface area (Å²) in [6.07, 6.45) is 1.73. The first-order valence-corrected chi connectivity index (χ1v) is 9.41. The number of aryl methyl sites for hydroxylation is 1. The SMILES string of the molecule is O=C(Nc1ccc(Br)cc1Br)c1ccc2c(=O)n3c(nc2c1)CCC3. The monoisotopic (exact) mass is 461 g/mol. The topological polar surface area (TPSA) is 64.0 Å². The van der Waals surface area contributed by atoms with Crippen molar-refractivity contribution in [2.45, 2.75) is 19.4 Å². The molecule has 7 heteroatoms. The molecule has 0 saturated heterocycles. The van der Waals surface area contributed by atoms with Gasteiger partial charge in [0, 0.05) is 27.5 Å². The minimum atomic E-state index is -0.243. The maximum Gasteiger partial charge on any atom is 0.261 e. The zero-order chi connectivity index (χ0) is 17.6. The Labute approximate surface area is 160 Å². The number of hydrogen-bond donors (Lipinski definition) is 1. The molecule has 5 nitrogen and oxygen atoms in total. The standard InChI is InChI=1S/C18H13Br2N3O2/c19-11-4-6-14(13(20)9-11)22-17(24)10-3-5-12-15(8-10)21-16-2-1-7-23(16)18(12)25/h3-6,8-9H,1-2,7H2,(H,22,24). The summed E-state index contributed by atoms with van der Waals surface area (Å²) in [6.45, 7) is 0.719. The third-order valence-electron chi connectivity index (χ3n) is 4.26. The molecule has 1 N–H and O–H groups in total. The minimum Gasteiger partial charge on any atom is -0.321 e. The highest BCUT2D eigenvalue weighted by molar-refractivity contribution is 9.11. The van der Waals surface area contributed by atoms with Crippen LogP contribution >= 0.6 is 31.9 Å². The van der Waals surface area contributed by atoms with Crippen molar-refractivity contribution in [3.63, 3.8) is 0 Å². The number of amides is 1. The Kier molecular flexibility index (Phi) is 4.21. The fraction of sp³-hybridized carbons (Fsp3) is 0.167. The Balaban J connectivity index is 1.70. The van der Waals surface area contributed by atoms with Crippen LogP contribution in [0.15, 0.2) is 50.1 Å². The van der Waals surface area contributed by atoms with Gasteiger partial charge in [-0.05, 0) is 58.7 Å². The van der Waals surface area contributed by atoms with E-state index in [0.29, 0.717) is 22.2 Å². The molecule has 0 fully saturated rings. The lowest BCUT2D eigenvalue weighted by molar-refractivity contribution is 0.102. The molecule has 0 aliphatic carbocycles. The van der Waals surface area contributed by atoms with Crippen LogP contribution in [0, 0.1) is 0 Å². The minimum absolute atomic E-state index is 0.0277. The molecule has 1 aromatic heterocycles. The maximum absolute atomic E-state index is 12.6. The van der Waals surface area contributed by atoms with Crippen molar-refractivity contribution in [1.82, 2.24) is 9.55 Å². The highest BCUT2D eigenvalue weighted by Crippen LogP contribution is 2.27. The lowest BCUT2D eigenvalue weighted by atomic mass is 10.1. The molecule has 0 saturated carbocycles. The van der Waals surface area contributed by atoms with Crippen molar-refractivity contribution >= 4 is 54.4 Å². The van der Waals surface area contributed by atoms with E-state index in [2.05, 4.69) is 42.2 Å². The molecule has 0 atom stereocenters. The Hall–Kier alpha value is -1.99. The zero-order valence-corrected chi connectivity index (χ0v) is 16.2. The summed E-state index contributed by atoms with van der Waals surface area (Å²) < 4.78 is 3.42. The normalized spacial score (nSPS) is 13.0. The summed E-state index contributed by atoms with van der Waals surface area (Å²) in [5, 5.41) is 3.42. The van der Waals surface area contributed by atoms with Gasteiger partial charge in [-0.1, -0.05) is 15.9 Å². The molecule has 126 valence electrons. The van der Waals surface area contributed by atoms with E-state index in [1.54, 1.807) is 22.8 Å². The van der Waals surface area contributed by atoms with Crippen molar-refractivity contribution < 1.29 is 4.79 Å². The first kappa shape index (κ1) is 16.5. The van der Waals surface area contributed by atoms with Crippen molar-refractivity contribution in [1.29, 1.82) is 0 Å². The Morgan fingerprint density at radius 1 is 1.16 bits per heavy atom. The summed E-state index contributed by atoms with van der Waals surface area (Å²) in [6, 6.07) is 10.5. The van der Waals surface area contributed by atoms with Gasteiger partial charge in [0.15, 0.2) is 0 Å². The molecular formula is C18H13Br2N3O2. The molecule has 2 heterocycles. The summed E-state index contributed by atoms with van der Waals surface area (Å²) in [7, 11) is 0. The van der Waals surface area contributed by atoms with Crippen LogP contribution < -0.4 is 10.9 Å². The van der Waals surface area contributed by atoms with Crippen LogP contribution in [0.2, 0.25) is 0 Å². The molecule has 1 amide bonds. The summed E-state index contributed by atoms with van der Waals surface area (Å²) in [4.78, 5) is 29.6. The quantitative estimate of drug-likeness (QED) is 0.623. The summed E-state index contributed by atoms with van der Waals surface area (Å²) >= 11 is 6.81. The van der Waals surface area contributed by atoms with Gasteiger partial charge in [-0.3, -0.25) is 14.2 Å². The highest BCUT2D eigenvalue weighted by atomic mass is 79.9. The second-order valence-corrected chi connectivity index (χ2v) is 7.67. The van der Waals surface area contributed by atoms with E-state index in [4.69, 9.17) is 0 Å². The van der Waals surface area contributed by atoms with Crippen molar-refractivity contribution in [3.05, 3.63) is 67.1 Å². The van der Waals surface area contributed by atoms with E-state index < -0.39 is 0 Å². The van der Waals surface area contributed by atoms with Crippen molar-refractivity contribution in [2.24, 2.45) is 0 Å². The lowest BCUT2D eigenvalue weighted by Gasteiger charge is -2.09.